The van der Waals surface area contributed by atoms with E-state index >= 15 is 0 Å². The first-order valence-corrected chi connectivity index (χ1v) is 6.22. The van der Waals surface area contributed by atoms with Gasteiger partial charge < -0.3 is 15.2 Å². The first kappa shape index (κ1) is 15.7. The Morgan fingerprint density at radius 2 is 2.05 bits per heavy atom. The first-order chi connectivity index (χ1) is 9.29. The molecule has 1 aromatic rings. The normalized spacial score (nSPS) is 12.0. The molecule has 0 aromatic heterocycles. The van der Waals surface area contributed by atoms with E-state index in [4.69, 9.17) is 9.84 Å². The fourth-order valence-electron chi connectivity index (χ4n) is 1.49. The number of hydrogen-bond donors (Lipinski definition) is 2. The summed E-state index contributed by atoms with van der Waals surface area (Å²) in [5, 5.41) is 22.5. The van der Waals surface area contributed by atoms with Crippen LogP contribution in [0.1, 0.15) is 20.8 Å². The summed E-state index contributed by atoms with van der Waals surface area (Å²) in [6.07, 6.45) is -0.109. The monoisotopic (exact) mass is 282 g/mol. The topological polar surface area (TPSA) is 102 Å². The number of aliphatic carboxylic acids is 1. The highest BCUT2D eigenvalue weighted by Crippen LogP contribution is 2.26. The Balaban J connectivity index is 2.91. The van der Waals surface area contributed by atoms with Crippen molar-refractivity contribution in [3.8, 4) is 5.75 Å². The van der Waals surface area contributed by atoms with Crippen molar-refractivity contribution in [2.45, 2.75) is 26.9 Å². The number of nitrogens with zero attached hydrogens (tertiary/aromatic N) is 1. The van der Waals surface area contributed by atoms with Gasteiger partial charge in [-0.1, -0.05) is 6.92 Å². The average molecular weight is 282 g/mol. The zero-order valence-electron chi connectivity index (χ0n) is 11.6. The van der Waals surface area contributed by atoms with Gasteiger partial charge in [0.2, 0.25) is 0 Å². The Kier molecular flexibility index (Phi) is 5.31. The number of nitro groups is 1. The molecule has 1 atom stereocenters. The highest BCUT2D eigenvalue weighted by Gasteiger charge is 2.14. The van der Waals surface area contributed by atoms with E-state index in [1.165, 1.54) is 12.1 Å². The smallest absolute Gasteiger partial charge is 0.308 e. The summed E-state index contributed by atoms with van der Waals surface area (Å²) < 4.78 is 5.44. The van der Waals surface area contributed by atoms with Crippen LogP contribution >= 0.6 is 0 Å². The summed E-state index contributed by atoms with van der Waals surface area (Å²) in [4.78, 5) is 21.1. The first-order valence-electron chi connectivity index (χ1n) is 6.22. The summed E-state index contributed by atoms with van der Waals surface area (Å²) >= 11 is 0. The molecule has 0 saturated heterocycles. The van der Waals surface area contributed by atoms with Gasteiger partial charge >= 0.3 is 5.97 Å². The second kappa shape index (κ2) is 6.74. The number of nitro benzene ring substituents is 1. The molecule has 0 bridgehead atoms. The molecule has 20 heavy (non-hydrogen) atoms. The lowest BCUT2D eigenvalue weighted by Gasteiger charge is -2.13. The predicted octanol–water partition coefficient (Wildman–Crippen LogP) is 2.51. The molecule has 1 unspecified atom stereocenters. The summed E-state index contributed by atoms with van der Waals surface area (Å²) in [6, 6.07) is 4.30. The molecular formula is C13H18N2O5. The van der Waals surface area contributed by atoms with Crippen molar-refractivity contribution in [2.24, 2.45) is 5.92 Å². The molecule has 0 amide bonds. The van der Waals surface area contributed by atoms with E-state index in [0.717, 1.165) is 0 Å². The van der Waals surface area contributed by atoms with E-state index in [-0.39, 0.29) is 18.3 Å². The number of carbonyl (C=O) groups is 1. The standard InChI is InChI=1S/C13H18N2O5/c1-8(2)20-12-5-10(4-11(6-12)15(18)19)14-7-9(3)13(16)17/h4-6,8-9,14H,7H2,1-3H3,(H,16,17). The second-order valence-electron chi connectivity index (χ2n) is 4.76. The Morgan fingerprint density at radius 1 is 1.40 bits per heavy atom. The maximum atomic E-state index is 10.9. The molecule has 110 valence electrons. The lowest BCUT2D eigenvalue weighted by molar-refractivity contribution is -0.384. The van der Waals surface area contributed by atoms with Crippen LogP contribution in [-0.4, -0.2) is 28.6 Å². The van der Waals surface area contributed by atoms with Gasteiger partial charge in [-0.25, -0.2) is 0 Å². The number of benzene rings is 1. The zero-order chi connectivity index (χ0) is 15.3. The number of carboxylic acids is 1. The number of ether oxygens (including phenoxy) is 1. The lowest BCUT2D eigenvalue weighted by Crippen LogP contribution is -2.19. The number of non-ortho nitro benzene ring substituents is 1. The zero-order valence-corrected chi connectivity index (χ0v) is 11.6. The van der Waals surface area contributed by atoms with Crippen LogP contribution in [0, 0.1) is 16.0 Å². The molecule has 2 N–H and O–H groups in total. The Morgan fingerprint density at radius 3 is 2.55 bits per heavy atom. The third kappa shape index (κ3) is 4.75. The maximum Gasteiger partial charge on any atom is 0.308 e. The van der Waals surface area contributed by atoms with Crippen LogP contribution in [0.4, 0.5) is 11.4 Å². The lowest BCUT2D eigenvalue weighted by atomic mass is 10.2. The number of anilines is 1. The van der Waals surface area contributed by atoms with Gasteiger partial charge in [-0.15, -0.1) is 0 Å². The van der Waals surface area contributed by atoms with Gasteiger partial charge in [0.15, 0.2) is 0 Å². The molecule has 0 spiro atoms. The van der Waals surface area contributed by atoms with E-state index in [1.807, 2.05) is 13.8 Å². The van der Waals surface area contributed by atoms with Crippen molar-refractivity contribution in [1.29, 1.82) is 0 Å². The van der Waals surface area contributed by atoms with Crippen molar-refractivity contribution >= 4 is 17.3 Å². The number of hydrogen-bond acceptors (Lipinski definition) is 5. The van der Waals surface area contributed by atoms with Crippen LogP contribution in [0.2, 0.25) is 0 Å². The van der Waals surface area contributed by atoms with Gasteiger partial charge in [-0.2, -0.15) is 0 Å². The van der Waals surface area contributed by atoms with Gasteiger partial charge in [-0.05, 0) is 13.8 Å². The minimum absolute atomic E-state index is 0.103. The maximum absolute atomic E-state index is 10.9. The van der Waals surface area contributed by atoms with Crippen molar-refractivity contribution in [1.82, 2.24) is 0 Å². The molecule has 0 fully saturated rings. The van der Waals surface area contributed by atoms with Crippen LogP contribution in [0.15, 0.2) is 18.2 Å². The molecule has 7 heteroatoms. The molecule has 0 aliphatic carbocycles. The summed E-state index contributed by atoms with van der Waals surface area (Å²) in [5.41, 5.74) is 0.358. The number of rotatable bonds is 7. The molecule has 0 aliphatic rings. The third-order valence-corrected chi connectivity index (χ3v) is 2.51. The van der Waals surface area contributed by atoms with Gasteiger partial charge in [0.05, 0.1) is 23.0 Å². The summed E-state index contributed by atoms with van der Waals surface area (Å²) in [6.45, 7) is 5.37. The third-order valence-electron chi connectivity index (χ3n) is 2.51. The van der Waals surface area contributed by atoms with E-state index in [1.54, 1.807) is 13.0 Å². The summed E-state index contributed by atoms with van der Waals surface area (Å²) in [7, 11) is 0. The van der Waals surface area contributed by atoms with Crippen molar-refractivity contribution < 1.29 is 19.6 Å². The quantitative estimate of drug-likeness (QED) is 0.588. The highest BCUT2D eigenvalue weighted by molar-refractivity contribution is 5.70. The number of nitrogens with one attached hydrogen (secondary N) is 1. The predicted molar refractivity (Wildman–Crippen MR) is 74.1 cm³/mol. The number of carboxylic acid groups (broad SMARTS) is 1. The molecule has 0 radical (unpaired) electrons. The fourth-order valence-corrected chi connectivity index (χ4v) is 1.49. The molecule has 1 rings (SSSR count). The van der Waals surface area contributed by atoms with Gasteiger partial charge in [0.25, 0.3) is 5.69 Å². The van der Waals surface area contributed by atoms with Crippen LogP contribution < -0.4 is 10.1 Å². The van der Waals surface area contributed by atoms with E-state index in [2.05, 4.69) is 5.32 Å². The van der Waals surface area contributed by atoms with Crippen LogP contribution in [0.25, 0.3) is 0 Å². The molecule has 1 aromatic carbocycles. The largest absolute Gasteiger partial charge is 0.491 e. The molecular weight excluding hydrogens is 264 g/mol. The minimum atomic E-state index is -0.929. The highest BCUT2D eigenvalue weighted by atomic mass is 16.6. The minimum Gasteiger partial charge on any atom is -0.491 e. The van der Waals surface area contributed by atoms with E-state index in [9.17, 15) is 14.9 Å². The van der Waals surface area contributed by atoms with Crippen molar-refractivity contribution in [3.05, 3.63) is 28.3 Å². The van der Waals surface area contributed by atoms with Crippen LogP contribution in [0.5, 0.6) is 5.75 Å². The SMILES string of the molecule is CC(C)Oc1cc(NCC(C)C(=O)O)cc([N+](=O)[O-])c1. The van der Waals surface area contributed by atoms with E-state index in [0.29, 0.717) is 11.4 Å². The van der Waals surface area contributed by atoms with E-state index < -0.39 is 16.8 Å². The molecule has 7 nitrogen and oxygen atoms in total. The van der Waals surface area contributed by atoms with Crippen molar-refractivity contribution in [2.75, 3.05) is 11.9 Å². The average Bonchev–Trinajstić information content (AvgIpc) is 2.34. The van der Waals surface area contributed by atoms with Crippen LogP contribution in [0.3, 0.4) is 0 Å². The van der Waals surface area contributed by atoms with Crippen LogP contribution in [-0.2, 0) is 4.79 Å². The second-order valence-corrected chi connectivity index (χ2v) is 4.76. The van der Waals surface area contributed by atoms with Gasteiger partial charge in [0.1, 0.15) is 5.75 Å². The molecule has 0 saturated carbocycles. The van der Waals surface area contributed by atoms with Gasteiger partial charge in [0, 0.05) is 24.4 Å². The fraction of sp³-hybridized carbons (Fsp3) is 0.462. The van der Waals surface area contributed by atoms with Crippen molar-refractivity contribution in [3.63, 3.8) is 0 Å². The summed E-state index contributed by atoms with van der Waals surface area (Å²) in [5.74, 6) is -1.15. The Hall–Kier alpha value is -2.31. The Bertz CT molecular complexity index is 502. The molecule has 0 aliphatic heterocycles. The Labute approximate surface area is 116 Å². The molecule has 0 heterocycles. The van der Waals surface area contributed by atoms with Gasteiger partial charge in [-0.3, -0.25) is 14.9 Å².